The highest BCUT2D eigenvalue weighted by atomic mass is 32.2. The summed E-state index contributed by atoms with van der Waals surface area (Å²) in [6.07, 6.45) is 2.94. The molecular formula is C13H22N2OS. The van der Waals surface area contributed by atoms with E-state index in [4.69, 9.17) is 5.11 Å². The van der Waals surface area contributed by atoms with Crippen molar-refractivity contribution in [1.29, 1.82) is 0 Å². The molecule has 2 unspecified atom stereocenters. The fourth-order valence-corrected chi connectivity index (χ4v) is 2.44. The maximum Gasteiger partial charge on any atom is 0.0573 e. The molecule has 1 aromatic heterocycles. The molecule has 0 aliphatic heterocycles. The van der Waals surface area contributed by atoms with Crippen LogP contribution in [0.2, 0.25) is 0 Å². The molecule has 2 atom stereocenters. The van der Waals surface area contributed by atoms with E-state index in [0.29, 0.717) is 6.04 Å². The topological polar surface area (TPSA) is 45.1 Å². The number of hydrogen-bond acceptors (Lipinski definition) is 4. The minimum absolute atomic E-state index is 0.196. The Balaban J connectivity index is 2.66. The smallest absolute Gasteiger partial charge is 0.0573 e. The third kappa shape index (κ3) is 4.66. The van der Waals surface area contributed by atoms with Crippen molar-refractivity contribution in [3.8, 4) is 0 Å². The van der Waals surface area contributed by atoms with Gasteiger partial charge in [0.15, 0.2) is 0 Å². The van der Waals surface area contributed by atoms with Crippen molar-refractivity contribution in [3.05, 3.63) is 24.0 Å². The Bertz CT molecular complexity index is 316. The first-order valence-electron chi connectivity index (χ1n) is 6.18. The molecule has 0 aromatic carbocycles. The van der Waals surface area contributed by atoms with Crippen molar-refractivity contribution < 1.29 is 5.11 Å². The van der Waals surface area contributed by atoms with Crippen LogP contribution in [0.4, 0.5) is 0 Å². The summed E-state index contributed by atoms with van der Waals surface area (Å²) in [5.41, 5.74) is 1.09. The lowest BCUT2D eigenvalue weighted by atomic mass is 10.1. The molecule has 0 saturated carbocycles. The van der Waals surface area contributed by atoms with Gasteiger partial charge in [0.2, 0.25) is 0 Å². The predicted octanol–water partition coefficient (Wildman–Crippen LogP) is 2.62. The number of pyridine rings is 1. The van der Waals surface area contributed by atoms with E-state index in [1.165, 1.54) is 0 Å². The van der Waals surface area contributed by atoms with E-state index in [1.807, 2.05) is 13.1 Å². The molecule has 0 bridgehead atoms. The van der Waals surface area contributed by atoms with Gasteiger partial charge in [-0.3, -0.25) is 4.98 Å². The molecule has 17 heavy (non-hydrogen) atoms. The van der Waals surface area contributed by atoms with Crippen molar-refractivity contribution in [2.24, 2.45) is 0 Å². The SMILES string of the molecule is CCNC(CC)c1ccc(SC(C)CO)cn1. The Hall–Kier alpha value is -0.580. The number of rotatable bonds is 7. The lowest BCUT2D eigenvalue weighted by Crippen LogP contribution is -2.20. The fourth-order valence-electron chi connectivity index (χ4n) is 1.64. The maximum atomic E-state index is 9.00. The Morgan fingerprint density at radius 2 is 2.18 bits per heavy atom. The fraction of sp³-hybridized carbons (Fsp3) is 0.615. The molecule has 0 aliphatic rings. The summed E-state index contributed by atoms with van der Waals surface area (Å²) in [4.78, 5) is 5.60. The first-order valence-corrected chi connectivity index (χ1v) is 7.06. The van der Waals surface area contributed by atoms with E-state index in [-0.39, 0.29) is 11.9 Å². The van der Waals surface area contributed by atoms with Crippen LogP contribution in [0.5, 0.6) is 0 Å². The number of nitrogens with one attached hydrogen (secondary N) is 1. The molecule has 1 aromatic rings. The van der Waals surface area contributed by atoms with Gasteiger partial charge in [-0.2, -0.15) is 0 Å². The Morgan fingerprint density at radius 1 is 1.41 bits per heavy atom. The summed E-state index contributed by atoms with van der Waals surface area (Å²) in [7, 11) is 0. The first kappa shape index (κ1) is 14.5. The van der Waals surface area contributed by atoms with Gasteiger partial charge >= 0.3 is 0 Å². The van der Waals surface area contributed by atoms with Gasteiger partial charge in [0.1, 0.15) is 0 Å². The van der Waals surface area contributed by atoms with E-state index < -0.39 is 0 Å². The van der Waals surface area contributed by atoms with Crippen LogP contribution < -0.4 is 5.32 Å². The summed E-state index contributed by atoms with van der Waals surface area (Å²) in [5.74, 6) is 0. The van der Waals surface area contributed by atoms with E-state index in [0.717, 1.165) is 23.6 Å². The molecule has 0 radical (unpaired) electrons. The number of aromatic nitrogens is 1. The van der Waals surface area contributed by atoms with Gasteiger partial charge in [-0.1, -0.05) is 20.8 Å². The minimum atomic E-state index is 0.196. The van der Waals surface area contributed by atoms with Gasteiger partial charge in [-0.05, 0) is 25.1 Å². The summed E-state index contributed by atoms with van der Waals surface area (Å²) in [6, 6.07) is 4.50. The van der Waals surface area contributed by atoms with Crippen molar-refractivity contribution in [1.82, 2.24) is 10.3 Å². The van der Waals surface area contributed by atoms with Crippen LogP contribution in [0.25, 0.3) is 0 Å². The zero-order valence-electron chi connectivity index (χ0n) is 10.8. The summed E-state index contributed by atoms with van der Waals surface area (Å²) in [6.45, 7) is 7.42. The number of thioether (sulfide) groups is 1. The highest BCUT2D eigenvalue weighted by Crippen LogP contribution is 2.23. The molecular weight excluding hydrogens is 232 g/mol. The Morgan fingerprint density at radius 3 is 2.65 bits per heavy atom. The van der Waals surface area contributed by atoms with Gasteiger partial charge in [-0.15, -0.1) is 11.8 Å². The first-order chi connectivity index (χ1) is 8.21. The third-order valence-corrected chi connectivity index (χ3v) is 3.63. The average molecular weight is 254 g/mol. The quantitative estimate of drug-likeness (QED) is 0.734. The second kappa shape index (κ2) is 7.69. The third-order valence-electron chi connectivity index (χ3n) is 2.57. The Labute approximate surface area is 108 Å². The van der Waals surface area contributed by atoms with Crippen molar-refractivity contribution in [2.45, 2.75) is 43.4 Å². The predicted molar refractivity (Wildman–Crippen MR) is 73.4 cm³/mol. The van der Waals surface area contributed by atoms with Gasteiger partial charge < -0.3 is 10.4 Å². The van der Waals surface area contributed by atoms with Crippen LogP contribution >= 0.6 is 11.8 Å². The van der Waals surface area contributed by atoms with E-state index in [1.54, 1.807) is 11.8 Å². The number of aliphatic hydroxyl groups excluding tert-OH is 1. The standard InChI is InChI=1S/C13H22N2OS/c1-4-12(14-5-2)13-7-6-11(8-15-13)17-10(3)9-16/h6-8,10,12,14,16H,4-5,9H2,1-3H3. The van der Waals surface area contributed by atoms with E-state index in [9.17, 15) is 0 Å². The van der Waals surface area contributed by atoms with Crippen molar-refractivity contribution in [2.75, 3.05) is 13.2 Å². The van der Waals surface area contributed by atoms with Gasteiger partial charge in [0.05, 0.1) is 12.3 Å². The summed E-state index contributed by atoms with van der Waals surface area (Å²) >= 11 is 1.65. The zero-order valence-corrected chi connectivity index (χ0v) is 11.6. The summed E-state index contributed by atoms with van der Waals surface area (Å²) in [5, 5.41) is 12.6. The molecule has 3 nitrogen and oxygen atoms in total. The molecule has 96 valence electrons. The van der Waals surface area contributed by atoms with Crippen LogP contribution in [0.3, 0.4) is 0 Å². The van der Waals surface area contributed by atoms with Crippen LogP contribution in [-0.2, 0) is 0 Å². The van der Waals surface area contributed by atoms with Crippen molar-refractivity contribution in [3.63, 3.8) is 0 Å². The number of nitrogens with zero attached hydrogens (tertiary/aromatic N) is 1. The largest absolute Gasteiger partial charge is 0.395 e. The van der Waals surface area contributed by atoms with E-state index in [2.05, 4.69) is 36.3 Å². The molecule has 4 heteroatoms. The molecule has 0 fully saturated rings. The van der Waals surface area contributed by atoms with Crippen LogP contribution in [0.15, 0.2) is 23.2 Å². The van der Waals surface area contributed by atoms with Crippen LogP contribution in [0.1, 0.15) is 38.9 Å². The normalized spacial score (nSPS) is 14.6. The minimum Gasteiger partial charge on any atom is -0.395 e. The summed E-state index contributed by atoms with van der Waals surface area (Å²) < 4.78 is 0. The monoisotopic (exact) mass is 254 g/mol. The molecule has 0 aliphatic carbocycles. The second-order valence-electron chi connectivity index (χ2n) is 4.05. The second-order valence-corrected chi connectivity index (χ2v) is 5.56. The van der Waals surface area contributed by atoms with Crippen LogP contribution in [-0.4, -0.2) is 28.5 Å². The highest BCUT2D eigenvalue weighted by molar-refractivity contribution is 8.00. The molecule has 2 N–H and O–H groups in total. The van der Waals surface area contributed by atoms with Gasteiger partial charge in [0, 0.05) is 22.4 Å². The van der Waals surface area contributed by atoms with Crippen LogP contribution in [0, 0.1) is 0 Å². The lowest BCUT2D eigenvalue weighted by Gasteiger charge is -2.15. The maximum absolute atomic E-state index is 9.00. The zero-order chi connectivity index (χ0) is 12.7. The Kier molecular flexibility index (Phi) is 6.55. The highest BCUT2D eigenvalue weighted by Gasteiger charge is 2.09. The van der Waals surface area contributed by atoms with Gasteiger partial charge in [0.25, 0.3) is 0 Å². The molecule has 0 spiro atoms. The molecule has 0 saturated heterocycles. The molecule has 1 rings (SSSR count). The molecule has 1 heterocycles. The van der Waals surface area contributed by atoms with Gasteiger partial charge in [-0.25, -0.2) is 0 Å². The molecule has 0 amide bonds. The number of aliphatic hydroxyl groups is 1. The number of hydrogen-bond donors (Lipinski definition) is 2. The average Bonchev–Trinajstić information content (AvgIpc) is 2.37. The van der Waals surface area contributed by atoms with E-state index >= 15 is 0 Å². The lowest BCUT2D eigenvalue weighted by molar-refractivity contribution is 0.300. The van der Waals surface area contributed by atoms with Crippen molar-refractivity contribution >= 4 is 11.8 Å².